The first-order valence-corrected chi connectivity index (χ1v) is 7.49. The second-order valence-corrected chi connectivity index (χ2v) is 5.39. The summed E-state index contributed by atoms with van der Waals surface area (Å²) in [5.41, 5.74) is 0.412. The normalized spacial score (nSPS) is 19.2. The van der Waals surface area contributed by atoms with Crippen LogP contribution >= 0.6 is 0 Å². The maximum Gasteiger partial charge on any atom is 0.270 e. The van der Waals surface area contributed by atoms with Crippen LogP contribution in [0.15, 0.2) is 12.3 Å². The monoisotopic (exact) mass is 291 g/mol. The number of nitrogens with one attached hydrogen (secondary N) is 2. The van der Waals surface area contributed by atoms with Crippen LogP contribution in [0.5, 0.6) is 0 Å². The lowest BCUT2D eigenvalue weighted by atomic mass is 10.3. The van der Waals surface area contributed by atoms with Gasteiger partial charge in [0, 0.05) is 38.4 Å². The molecule has 1 aromatic rings. The van der Waals surface area contributed by atoms with E-state index >= 15 is 0 Å². The third-order valence-corrected chi connectivity index (χ3v) is 3.62. The van der Waals surface area contributed by atoms with E-state index in [2.05, 4.69) is 25.5 Å². The lowest BCUT2D eigenvalue weighted by Crippen LogP contribution is -2.41. The van der Waals surface area contributed by atoms with Crippen LogP contribution in [-0.4, -0.2) is 66.2 Å². The first-order valence-electron chi connectivity index (χ1n) is 7.49. The Bertz CT molecular complexity index is 486. The van der Waals surface area contributed by atoms with Gasteiger partial charge < -0.3 is 15.4 Å². The van der Waals surface area contributed by atoms with Gasteiger partial charge in [-0.3, -0.25) is 9.69 Å². The Kier molecular flexibility index (Phi) is 4.62. The molecule has 0 aromatic carbocycles. The van der Waals surface area contributed by atoms with E-state index in [1.54, 1.807) is 12.3 Å². The Morgan fingerprint density at radius 3 is 2.95 bits per heavy atom. The van der Waals surface area contributed by atoms with Gasteiger partial charge in [0.1, 0.15) is 5.69 Å². The third-order valence-electron chi connectivity index (χ3n) is 3.62. The fourth-order valence-corrected chi connectivity index (χ4v) is 2.21. The molecule has 1 aromatic heterocycles. The highest BCUT2D eigenvalue weighted by molar-refractivity contribution is 5.92. The molecule has 21 heavy (non-hydrogen) atoms. The van der Waals surface area contributed by atoms with Crippen LogP contribution in [0.25, 0.3) is 0 Å². The summed E-state index contributed by atoms with van der Waals surface area (Å²) in [6.45, 7) is 4.87. The first kappa shape index (κ1) is 14.2. The lowest BCUT2D eigenvalue weighted by Gasteiger charge is -2.26. The van der Waals surface area contributed by atoms with Gasteiger partial charge in [0.15, 0.2) is 0 Å². The zero-order valence-electron chi connectivity index (χ0n) is 12.0. The standard InChI is InChI=1S/C14H21N5O2/c20-13(15-5-6-19-7-9-21-10-8-19)12-3-4-16-14(18-12)17-11-1-2-11/h3-4,11H,1-2,5-10H2,(H,15,20)(H,16,17,18). The minimum Gasteiger partial charge on any atom is -0.379 e. The molecule has 114 valence electrons. The van der Waals surface area contributed by atoms with Crippen LogP contribution in [0.1, 0.15) is 23.3 Å². The number of morpholine rings is 1. The Morgan fingerprint density at radius 2 is 2.19 bits per heavy atom. The Hall–Kier alpha value is -1.73. The van der Waals surface area contributed by atoms with E-state index in [0.717, 1.165) is 45.7 Å². The molecular formula is C14H21N5O2. The number of nitrogens with zero attached hydrogens (tertiary/aromatic N) is 3. The fourth-order valence-electron chi connectivity index (χ4n) is 2.21. The van der Waals surface area contributed by atoms with E-state index in [4.69, 9.17) is 4.74 Å². The molecule has 2 heterocycles. The lowest BCUT2D eigenvalue weighted by molar-refractivity contribution is 0.0383. The molecular weight excluding hydrogens is 270 g/mol. The number of amides is 1. The van der Waals surface area contributed by atoms with Gasteiger partial charge in [0.05, 0.1) is 13.2 Å². The molecule has 1 saturated heterocycles. The number of anilines is 1. The topological polar surface area (TPSA) is 79.4 Å². The smallest absolute Gasteiger partial charge is 0.270 e. The van der Waals surface area contributed by atoms with Crippen molar-refractivity contribution in [1.82, 2.24) is 20.2 Å². The van der Waals surface area contributed by atoms with Crippen molar-refractivity contribution in [3.63, 3.8) is 0 Å². The van der Waals surface area contributed by atoms with E-state index in [9.17, 15) is 4.79 Å². The van der Waals surface area contributed by atoms with E-state index < -0.39 is 0 Å². The van der Waals surface area contributed by atoms with Crippen molar-refractivity contribution in [2.75, 3.05) is 44.7 Å². The van der Waals surface area contributed by atoms with Crippen molar-refractivity contribution in [2.45, 2.75) is 18.9 Å². The molecule has 0 radical (unpaired) electrons. The second kappa shape index (κ2) is 6.82. The molecule has 1 aliphatic heterocycles. The summed E-state index contributed by atoms with van der Waals surface area (Å²) >= 11 is 0. The average molecular weight is 291 g/mol. The van der Waals surface area contributed by atoms with E-state index in [-0.39, 0.29) is 5.91 Å². The maximum atomic E-state index is 12.1. The number of carbonyl (C=O) groups is 1. The predicted molar refractivity (Wildman–Crippen MR) is 78.3 cm³/mol. The minimum absolute atomic E-state index is 0.149. The molecule has 2 N–H and O–H groups in total. The molecule has 7 nitrogen and oxygen atoms in total. The van der Waals surface area contributed by atoms with Crippen molar-refractivity contribution in [1.29, 1.82) is 0 Å². The van der Waals surface area contributed by atoms with Gasteiger partial charge in [-0.2, -0.15) is 0 Å². The highest BCUT2D eigenvalue weighted by Crippen LogP contribution is 2.22. The van der Waals surface area contributed by atoms with Gasteiger partial charge in [-0.05, 0) is 18.9 Å². The first-order chi connectivity index (χ1) is 10.3. The summed E-state index contributed by atoms with van der Waals surface area (Å²) in [5, 5.41) is 6.10. The van der Waals surface area contributed by atoms with Crippen LogP contribution < -0.4 is 10.6 Å². The van der Waals surface area contributed by atoms with Crippen molar-refractivity contribution in [3.05, 3.63) is 18.0 Å². The van der Waals surface area contributed by atoms with Crippen LogP contribution in [0.4, 0.5) is 5.95 Å². The van der Waals surface area contributed by atoms with Crippen molar-refractivity contribution >= 4 is 11.9 Å². The van der Waals surface area contributed by atoms with Crippen LogP contribution in [0, 0.1) is 0 Å². The van der Waals surface area contributed by atoms with E-state index in [0.29, 0.717) is 24.2 Å². The zero-order valence-corrected chi connectivity index (χ0v) is 12.0. The second-order valence-electron chi connectivity index (χ2n) is 5.39. The summed E-state index contributed by atoms with van der Waals surface area (Å²) in [6.07, 6.45) is 3.92. The number of rotatable bonds is 6. The van der Waals surface area contributed by atoms with Gasteiger partial charge in [-0.15, -0.1) is 0 Å². The molecule has 1 amide bonds. The number of hydrogen-bond donors (Lipinski definition) is 2. The highest BCUT2D eigenvalue weighted by Gasteiger charge is 2.22. The fraction of sp³-hybridized carbons (Fsp3) is 0.643. The predicted octanol–water partition coefficient (Wildman–Crippen LogP) is 0.113. The molecule has 0 unspecified atom stereocenters. The number of hydrogen-bond acceptors (Lipinski definition) is 6. The van der Waals surface area contributed by atoms with Gasteiger partial charge >= 0.3 is 0 Å². The van der Waals surface area contributed by atoms with Crippen molar-refractivity contribution < 1.29 is 9.53 Å². The average Bonchev–Trinajstić information content (AvgIpc) is 3.32. The van der Waals surface area contributed by atoms with E-state index in [1.165, 1.54) is 0 Å². The quantitative estimate of drug-likeness (QED) is 0.774. The van der Waals surface area contributed by atoms with Crippen LogP contribution in [-0.2, 0) is 4.74 Å². The summed E-state index contributed by atoms with van der Waals surface area (Å²) in [4.78, 5) is 22.7. The van der Waals surface area contributed by atoms with Gasteiger partial charge in [0.25, 0.3) is 5.91 Å². The molecule has 0 bridgehead atoms. The molecule has 3 rings (SSSR count). The molecule has 1 aliphatic carbocycles. The molecule has 2 aliphatic rings. The van der Waals surface area contributed by atoms with Gasteiger partial charge in [0.2, 0.25) is 5.95 Å². The Balaban J connectivity index is 1.45. The third kappa shape index (κ3) is 4.37. The molecule has 1 saturated carbocycles. The summed E-state index contributed by atoms with van der Waals surface area (Å²) in [6, 6.07) is 2.12. The Labute approximate surface area is 124 Å². The highest BCUT2D eigenvalue weighted by atomic mass is 16.5. The molecule has 2 fully saturated rings. The largest absolute Gasteiger partial charge is 0.379 e. The number of ether oxygens (including phenoxy) is 1. The zero-order chi connectivity index (χ0) is 14.5. The van der Waals surface area contributed by atoms with Gasteiger partial charge in [-0.1, -0.05) is 0 Å². The SMILES string of the molecule is O=C(NCCN1CCOCC1)c1ccnc(NC2CC2)n1. The Morgan fingerprint density at radius 1 is 1.38 bits per heavy atom. The van der Waals surface area contributed by atoms with Crippen LogP contribution in [0.2, 0.25) is 0 Å². The summed E-state index contributed by atoms with van der Waals surface area (Å²) < 4.78 is 5.29. The number of carbonyl (C=O) groups excluding carboxylic acids is 1. The maximum absolute atomic E-state index is 12.1. The molecule has 7 heteroatoms. The summed E-state index contributed by atoms with van der Waals surface area (Å²) in [7, 11) is 0. The summed E-state index contributed by atoms with van der Waals surface area (Å²) in [5.74, 6) is 0.392. The molecule has 0 atom stereocenters. The van der Waals surface area contributed by atoms with Crippen molar-refractivity contribution in [3.8, 4) is 0 Å². The minimum atomic E-state index is -0.149. The number of aromatic nitrogens is 2. The van der Waals surface area contributed by atoms with Gasteiger partial charge in [-0.25, -0.2) is 9.97 Å². The van der Waals surface area contributed by atoms with Crippen LogP contribution in [0.3, 0.4) is 0 Å². The molecule has 0 spiro atoms. The van der Waals surface area contributed by atoms with Crippen molar-refractivity contribution in [2.24, 2.45) is 0 Å². The van der Waals surface area contributed by atoms with E-state index in [1.807, 2.05) is 0 Å².